The Bertz CT molecular complexity index is 334. The van der Waals surface area contributed by atoms with Crippen LogP contribution in [0.15, 0.2) is 0 Å². The third kappa shape index (κ3) is 4.39. The minimum Gasteiger partial charge on any atom is -0.481 e. The molecule has 0 aliphatic carbocycles. The molecular weight excluding hydrogens is 256 g/mol. The quantitative estimate of drug-likeness (QED) is 0.844. The van der Waals surface area contributed by atoms with Crippen molar-refractivity contribution in [3.8, 4) is 0 Å². The smallest absolute Gasteiger partial charge is 0.320 e. The highest BCUT2D eigenvalue weighted by Crippen LogP contribution is 2.24. The Kier molecular flexibility index (Phi) is 6.30. The van der Waals surface area contributed by atoms with Crippen LogP contribution in [0, 0.1) is 0 Å². The molecule has 0 radical (unpaired) electrons. The molecule has 0 aromatic carbocycles. The van der Waals surface area contributed by atoms with E-state index in [-0.39, 0.29) is 30.6 Å². The first kappa shape index (κ1) is 16.8. The molecule has 1 heterocycles. The van der Waals surface area contributed by atoms with Crippen LogP contribution in [0.5, 0.6) is 0 Å². The van der Waals surface area contributed by atoms with Crippen molar-refractivity contribution in [2.75, 3.05) is 6.54 Å². The maximum atomic E-state index is 12.7. The van der Waals surface area contributed by atoms with E-state index in [0.717, 1.165) is 12.8 Å². The van der Waals surface area contributed by atoms with Crippen LogP contribution in [-0.2, 0) is 4.79 Å². The zero-order valence-corrected chi connectivity index (χ0v) is 13.1. The number of nitrogens with zero attached hydrogens (tertiary/aromatic N) is 2. The second-order valence-corrected chi connectivity index (χ2v) is 6.10. The number of carbonyl (C=O) groups excluding carboxylic acids is 1. The van der Waals surface area contributed by atoms with Crippen LogP contribution >= 0.6 is 0 Å². The highest BCUT2D eigenvalue weighted by molar-refractivity contribution is 5.75. The minimum absolute atomic E-state index is 0.0603. The number of carboxylic acids is 1. The van der Waals surface area contributed by atoms with Gasteiger partial charge in [0, 0.05) is 31.1 Å². The molecule has 0 spiro atoms. The lowest BCUT2D eigenvalue weighted by Crippen LogP contribution is -2.55. The molecule has 5 heteroatoms. The Labute approximate surface area is 121 Å². The van der Waals surface area contributed by atoms with E-state index >= 15 is 0 Å². The summed E-state index contributed by atoms with van der Waals surface area (Å²) in [5.41, 5.74) is 0. The molecule has 0 aromatic rings. The van der Waals surface area contributed by atoms with E-state index in [9.17, 15) is 9.59 Å². The lowest BCUT2D eigenvalue weighted by atomic mass is 9.98. The van der Waals surface area contributed by atoms with Gasteiger partial charge in [0.15, 0.2) is 0 Å². The van der Waals surface area contributed by atoms with Gasteiger partial charge in [-0.2, -0.15) is 0 Å². The number of hydrogen-bond acceptors (Lipinski definition) is 2. The van der Waals surface area contributed by atoms with E-state index in [1.54, 1.807) is 4.90 Å². The highest BCUT2D eigenvalue weighted by Gasteiger charge is 2.32. The van der Waals surface area contributed by atoms with Gasteiger partial charge in [-0.15, -0.1) is 0 Å². The maximum Gasteiger partial charge on any atom is 0.320 e. The zero-order chi connectivity index (χ0) is 15.3. The first-order valence-electron chi connectivity index (χ1n) is 7.65. The summed E-state index contributed by atoms with van der Waals surface area (Å²) in [7, 11) is 0. The van der Waals surface area contributed by atoms with Crippen molar-refractivity contribution in [3.05, 3.63) is 0 Å². The third-order valence-electron chi connectivity index (χ3n) is 4.07. The van der Waals surface area contributed by atoms with Crippen molar-refractivity contribution in [3.63, 3.8) is 0 Å². The molecule has 2 unspecified atom stereocenters. The second-order valence-electron chi connectivity index (χ2n) is 6.10. The van der Waals surface area contributed by atoms with Gasteiger partial charge in [0.25, 0.3) is 0 Å². The fraction of sp³-hybridized carbons (Fsp3) is 0.867. The average molecular weight is 284 g/mol. The van der Waals surface area contributed by atoms with Crippen molar-refractivity contribution in [2.45, 2.75) is 77.9 Å². The Morgan fingerprint density at radius 2 is 1.80 bits per heavy atom. The highest BCUT2D eigenvalue weighted by atomic mass is 16.4. The first-order chi connectivity index (χ1) is 9.34. The largest absolute Gasteiger partial charge is 0.481 e. The summed E-state index contributed by atoms with van der Waals surface area (Å²) in [6.45, 7) is 8.68. The molecule has 2 amide bonds. The van der Waals surface area contributed by atoms with E-state index in [1.807, 2.05) is 18.7 Å². The average Bonchev–Trinajstić information content (AvgIpc) is 2.33. The monoisotopic (exact) mass is 284 g/mol. The topological polar surface area (TPSA) is 60.9 Å². The molecule has 2 atom stereocenters. The molecule has 0 saturated carbocycles. The molecule has 1 fully saturated rings. The number of amides is 2. The number of carboxylic acid groups (broad SMARTS) is 1. The van der Waals surface area contributed by atoms with E-state index < -0.39 is 5.97 Å². The Balaban J connectivity index is 2.69. The number of aliphatic carboxylic acids is 1. The molecule has 116 valence electrons. The Morgan fingerprint density at radius 1 is 1.25 bits per heavy atom. The number of carbonyl (C=O) groups is 2. The van der Waals surface area contributed by atoms with Crippen LogP contribution in [0.25, 0.3) is 0 Å². The molecule has 1 saturated heterocycles. The van der Waals surface area contributed by atoms with Crippen molar-refractivity contribution >= 4 is 12.0 Å². The van der Waals surface area contributed by atoms with Gasteiger partial charge in [0.1, 0.15) is 0 Å². The molecule has 5 nitrogen and oxygen atoms in total. The van der Waals surface area contributed by atoms with Crippen LogP contribution in [0.4, 0.5) is 4.79 Å². The zero-order valence-electron chi connectivity index (χ0n) is 13.1. The van der Waals surface area contributed by atoms with E-state index in [0.29, 0.717) is 13.0 Å². The minimum atomic E-state index is -0.805. The molecule has 1 aliphatic rings. The molecule has 1 aliphatic heterocycles. The predicted molar refractivity (Wildman–Crippen MR) is 78.7 cm³/mol. The summed E-state index contributed by atoms with van der Waals surface area (Å²) in [6, 6.07) is 0.696. The SMILES string of the molecule is CC(C)N(CCCC(=O)O)C(=O)N1C(C)CCCC1C. The van der Waals surface area contributed by atoms with Crippen molar-refractivity contribution < 1.29 is 14.7 Å². The molecule has 0 bridgehead atoms. The van der Waals surface area contributed by atoms with Gasteiger partial charge >= 0.3 is 12.0 Å². The Morgan fingerprint density at radius 3 is 2.25 bits per heavy atom. The second kappa shape index (κ2) is 7.50. The number of rotatable bonds is 5. The van der Waals surface area contributed by atoms with Crippen molar-refractivity contribution in [2.24, 2.45) is 0 Å². The summed E-state index contributed by atoms with van der Waals surface area (Å²) >= 11 is 0. The predicted octanol–water partition coefficient (Wildman–Crippen LogP) is 2.94. The van der Waals surface area contributed by atoms with Gasteiger partial charge < -0.3 is 14.9 Å². The first-order valence-corrected chi connectivity index (χ1v) is 7.65. The molecule has 0 aromatic heterocycles. The maximum absolute atomic E-state index is 12.7. The van der Waals surface area contributed by atoms with Gasteiger partial charge in [0.2, 0.25) is 0 Å². The number of piperidine rings is 1. The molecular formula is C15H28N2O3. The summed E-state index contributed by atoms with van der Waals surface area (Å²) in [5, 5.41) is 8.72. The van der Waals surface area contributed by atoms with Gasteiger partial charge in [-0.3, -0.25) is 4.79 Å². The van der Waals surface area contributed by atoms with Crippen molar-refractivity contribution in [1.82, 2.24) is 9.80 Å². The van der Waals surface area contributed by atoms with Gasteiger partial charge in [-0.25, -0.2) is 4.79 Å². The van der Waals surface area contributed by atoms with E-state index in [4.69, 9.17) is 5.11 Å². The summed E-state index contributed by atoms with van der Waals surface area (Å²) in [4.78, 5) is 27.1. The summed E-state index contributed by atoms with van der Waals surface area (Å²) < 4.78 is 0. The molecule has 1 rings (SSSR count). The number of likely N-dealkylation sites (tertiary alicyclic amines) is 1. The van der Waals surface area contributed by atoms with Crippen LogP contribution in [0.1, 0.15) is 59.8 Å². The number of urea groups is 1. The number of hydrogen-bond donors (Lipinski definition) is 1. The lowest BCUT2D eigenvalue weighted by Gasteiger charge is -2.43. The van der Waals surface area contributed by atoms with Gasteiger partial charge in [0.05, 0.1) is 0 Å². The van der Waals surface area contributed by atoms with Crippen molar-refractivity contribution in [1.29, 1.82) is 0 Å². The molecule has 1 N–H and O–H groups in total. The third-order valence-corrected chi connectivity index (χ3v) is 4.07. The van der Waals surface area contributed by atoms with Crippen LogP contribution in [-0.4, -0.2) is 51.6 Å². The van der Waals surface area contributed by atoms with Gasteiger partial charge in [-0.05, 0) is 53.4 Å². The normalized spacial score (nSPS) is 22.9. The molecule has 20 heavy (non-hydrogen) atoms. The fourth-order valence-corrected chi connectivity index (χ4v) is 2.92. The summed E-state index contributed by atoms with van der Waals surface area (Å²) in [6.07, 6.45) is 3.90. The standard InChI is InChI=1S/C15H28N2O3/c1-11(2)16(10-6-9-14(18)19)15(20)17-12(3)7-5-8-13(17)4/h11-13H,5-10H2,1-4H3,(H,18,19). The van der Waals surface area contributed by atoms with Crippen LogP contribution in [0.3, 0.4) is 0 Å². The lowest BCUT2D eigenvalue weighted by molar-refractivity contribution is -0.137. The Hall–Kier alpha value is -1.26. The van der Waals surface area contributed by atoms with Crippen LogP contribution in [0.2, 0.25) is 0 Å². The van der Waals surface area contributed by atoms with E-state index in [1.165, 1.54) is 6.42 Å². The fourth-order valence-electron chi connectivity index (χ4n) is 2.92. The van der Waals surface area contributed by atoms with Crippen LogP contribution < -0.4 is 0 Å². The van der Waals surface area contributed by atoms with E-state index in [2.05, 4.69) is 13.8 Å². The summed E-state index contributed by atoms with van der Waals surface area (Å²) in [5.74, 6) is -0.805. The van der Waals surface area contributed by atoms with Gasteiger partial charge in [-0.1, -0.05) is 0 Å².